The predicted octanol–water partition coefficient (Wildman–Crippen LogP) is 4.94. The summed E-state index contributed by atoms with van der Waals surface area (Å²) in [5, 5.41) is 18.5. The number of hydrogen-bond donors (Lipinski definition) is 2. The molecule has 212 valence electrons. The third-order valence-corrected chi connectivity index (χ3v) is 6.25. The lowest BCUT2D eigenvalue weighted by atomic mass is 10.1. The molecule has 2 aromatic heterocycles. The first-order valence-corrected chi connectivity index (χ1v) is 12.4. The smallest absolute Gasteiger partial charge is 0.494 e. The molecule has 0 aliphatic rings. The average Bonchev–Trinajstić information content (AvgIpc) is 3.48. The number of nitrogens with one attached hydrogen (secondary N) is 2. The maximum absolute atomic E-state index is 13.3. The first-order valence-electron chi connectivity index (χ1n) is 12.4. The quantitative estimate of drug-likeness (QED) is 0.300. The third-order valence-electron chi connectivity index (χ3n) is 6.25. The van der Waals surface area contributed by atoms with Crippen molar-refractivity contribution in [2.75, 3.05) is 12.4 Å². The third kappa shape index (κ3) is 6.42. The van der Waals surface area contributed by atoms with Crippen LogP contribution in [0.15, 0.2) is 42.7 Å². The number of aryl methyl sites for hydroxylation is 2. The first-order chi connectivity index (χ1) is 18.9. The van der Waals surface area contributed by atoms with Crippen LogP contribution >= 0.6 is 0 Å². The van der Waals surface area contributed by atoms with Crippen molar-refractivity contribution >= 4 is 11.6 Å². The summed E-state index contributed by atoms with van der Waals surface area (Å²) in [6.07, 6.45) is -1.46. The topological polar surface area (TPSA) is 108 Å². The monoisotopic (exact) mass is 557 g/mol. The Hall–Kier alpha value is -4.39. The summed E-state index contributed by atoms with van der Waals surface area (Å²) in [7, 11) is 3.21. The minimum atomic E-state index is -4.91. The molecule has 2 aromatic carbocycles. The second kappa shape index (κ2) is 11.4. The minimum Gasteiger partial charge on any atom is -0.494 e. The van der Waals surface area contributed by atoms with Crippen molar-refractivity contribution in [3.05, 3.63) is 65.1 Å². The number of nitrogens with zero attached hydrogens (tertiary/aromatic N) is 5. The molecule has 0 atom stereocenters. The molecule has 0 spiro atoms. The fourth-order valence-electron chi connectivity index (χ4n) is 4.08. The van der Waals surface area contributed by atoms with Crippen molar-refractivity contribution < 1.29 is 27.4 Å². The zero-order valence-corrected chi connectivity index (χ0v) is 22.9. The standard InChI is InChI=1S/C27H30F3N7O3/c1-15(2)31-12-19-9-20(40-27(28,29)30)11-22(25(19)39-6)33-26(38)18-8-7-16(3)24(10-18)37-14-23(34-35-37)21-13-32-36(5)17(21)4/h7-11,13-15,31H,12H2,1-6H3,(H,33,38). The van der Waals surface area contributed by atoms with E-state index in [-0.39, 0.29) is 29.6 Å². The highest BCUT2D eigenvalue weighted by Crippen LogP contribution is 2.36. The molecule has 2 heterocycles. The molecule has 0 aliphatic carbocycles. The molecule has 13 heteroatoms. The van der Waals surface area contributed by atoms with Crippen LogP contribution < -0.4 is 20.1 Å². The number of methoxy groups -OCH3 is 1. The van der Waals surface area contributed by atoms with Gasteiger partial charge in [-0.25, -0.2) is 4.68 Å². The summed E-state index contributed by atoms with van der Waals surface area (Å²) in [6.45, 7) is 7.78. The molecule has 0 saturated carbocycles. The fourth-order valence-corrected chi connectivity index (χ4v) is 4.08. The van der Waals surface area contributed by atoms with Crippen LogP contribution in [0.4, 0.5) is 18.9 Å². The highest BCUT2D eigenvalue weighted by molar-refractivity contribution is 6.05. The molecular weight excluding hydrogens is 527 g/mol. The van der Waals surface area contributed by atoms with Crippen molar-refractivity contribution in [3.63, 3.8) is 0 Å². The van der Waals surface area contributed by atoms with Gasteiger partial charge in [-0.3, -0.25) is 9.48 Å². The van der Waals surface area contributed by atoms with Crippen molar-refractivity contribution in [3.8, 4) is 28.4 Å². The number of anilines is 1. The summed E-state index contributed by atoms with van der Waals surface area (Å²) in [6, 6.07) is 7.36. The van der Waals surface area contributed by atoms with Crippen LogP contribution in [-0.2, 0) is 13.6 Å². The van der Waals surface area contributed by atoms with Crippen LogP contribution in [0, 0.1) is 13.8 Å². The summed E-state index contributed by atoms with van der Waals surface area (Å²) in [4.78, 5) is 13.3. The molecule has 0 radical (unpaired) electrons. The molecule has 0 saturated heterocycles. The number of amides is 1. The minimum absolute atomic E-state index is 0.0343. The van der Waals surface area contributed by atoms with Crippen molar-refractivity contribution in [1.29, 1.82) is 0 Å². The van der Waals surface area contributed by atoms with Gasteiger partial charge in [-0.05, 0) is 37.6 Å². The number of alkyl halides is 3. The van der Waals surface area contributed by atoms with Gasteiger partial charge < -0.3 is 20.1 Å². The van der Waals surface area contributed by atoms with E-state index in [0.29, 0.717) is 16.9 Å². The maximum Gasteiger partial charge on any atom is 0.573 e. The van der Waals surface area contributed by atoms with E-state index in [4.69, 9.17) is 4.74 Å². The van der Waals surface area contributed by atoms with Gasteiger partial charge in [0.2, 0.25) is 0 Å². The Morgan fingerprint density at radius 1 is 1.15 bits per heavy atom. The summed E-state index contributed by atoms with van der Waals surface area (Å²) in [5.74, 6) is -0.819. The van der Waals surface area contributed by atoms with Gasteiger partial charge in [0.15, 0.2) is 0 Å². The summed E-state index contributed by atoms with van der Waals surface area (Å²) >= 11 is 0. The molecule has 1 amide bonds. The van der Waals surface area contributed by atoms with Gasteiger partial charge in [-0.1, -0.05) is 25.1 Å². The lowest BCUT2D eigenvalue weighted by molar-refractivity contribution is -0.274. The van der Waals surface area contributed by atoms with E-state index in [1.54, 1.807) is 40.0 Å². The Morgan fingerprint density at radius 3 is 2.52 bits per heavy atom. The van der Waals surface area contributed by atoms with Crippen LogP contribution in [0.3, 0.4) is 0 Å². The van der Waals surface area contributed by atoms with Crippen LogP contribution in [-0.4, -0.2) is 50.2 Å². The van der Waals surface area contributed by atoms with Crippen molar-refractivity contribution in [2.24, 2.45) is 7.05 Å². The van der Waals surface area contributed by atoms with E-state index in [0.717, 1.165) is 22.9 Å². The molecule has 40 heavy (non-hydrogen) atoms. The van der Waals surface area contributed by atoms with Gasteiger partial charge in [-0.2, -0.15) is 5.10 Å². The lowest BCUT2D eigenvalue weighted by Crippen LogP contribution is -2.23. The Morgan fingerprint density at radius 2 is 1.90 bits per heavy atom. The number of benzene rings is 2. The zero-order chi connectivity index (χ0) is 29.2. The predicted molar refractivity (Wildman–Crippen MR) is 143 cm³/mol. The Labute approximate surface area is 229 Å². The van der Waals surface area contributed by atoms with Crippen LogP contribution in [0.5, 0.6) is 11.5 Å². The molecule has 0 unspecified atom stereocenters. The molecule has 2 N–H and O–H groups in total. The van der Waals surface area contributed by atoms with Crippen LogP contribution in [0.2, 0.25) is 0 Å². The number of ether oxygens (including phenoxy) is 2. The van der Waals surface area contributed by atoms with Crippen LogP contribution in [0.1, 0.15) is 41.0 Å². The normalized spacial score (nSPS) is 11.7. The molecular formula is C27H30F3N7O3. The Balaban J connectivity index is 1.66. The SMILES string of the molecule is COc1c(CNC(C)C)cc(OC(F)(F)F)cc1NC(=O)c1ccc(C)c(-n2cc(-c3cnn(C)c3C)nn2)c1. The second-order valence-corrected chi connectivity index (χ2v) is 9.52. The van der Waals surface area contributed by atoms with Gasteiger partial charge in [0.05, 0.1) is 30.9 Å². The molecule has 0 aliphatic heterocycles. The van der Waals surface area contributed by atoms with Gasteiger partial charge in [-0.15, -0.1) is 18.3 Å². The molecule has 10 nitrogen and oxygen atoms in total. The highest BCUT2D eigenvalue weighted by atomic mass is 19.4. The number of aromatic nitrogens is 5. The van der Waals surface area contributed by atoms with E-state index < -0.39 is 18.0 Å². The van der Waals surface area contributed by atoms with Gasteiger partial charge in [0.25, 0.3) is 5.91 Å². The summed E-state index contributed by atoms with van der Waals surface area (Å²) < 4.78 is 52.0. The van der Waals surface area contributed by atoms with Gasteiger partial charge in [0.1, 0.15) is 17.2 Å². The van der Waals surface area contributed by atoms with E-state index in [2.05, 4.69) is 30.8 Å². The van der Waals surface area contributed by atoms with Gasteiger partial charge in [0, 0.05) is 48.1 Å². The number of hydrogen-bond acceptors (Lipinski definition) is 7. The van der Waals surface area contributed by atoms with E-state index in [9.17, 15) is 18.0 Å². The maximum atomic E-state index is 13.3. The van der Waals surface area contributed by atoms with E-state index in [1.807, 2.05) is 34.7 Å². The van der Waals surface area contributed by atoms with Gasteiger partial charge >= 0.3 is 6.36 Å². The lowest BCUT2D eigenvalue weighted by Gasteiger charge is -2.19. The summed E-state index contributed by atoms with van der Waals surface area (Å²) in [5.41, 5.74) is 4.48. The highest BCUT2D eigenvalue weighted by Gasteiger charge is 2.32. The Kier molecular flexibility index (Phi) is 8.14. The number of rotatable bonds is 9. The van der Waals surface area contributed by atoms with E-state index in [1.165, 1.54) is 13.2 Å². The molecule has 0 fully saturated rings. The largest absolute Gasteiger partial charge is 0.573 e. The number of halogens is 3. The van der Waals surface area contributed by atoms with Crippen molar-refractivity contribution in [1.82, 2.24) is 30.1 Å². The molecule has 4 aromatic rings. The average molecular weight is 558 g/mol. The van der Waals surface area contributed by atoms with E-state index >= 15 is 0 Å². The fraction of sp³-hybridized carbons (Fsp3) is 0.333. The number of carbonyl (C=O) groups excluding carboxylic acids is 1. The first kappa shape index (κ1) is 28.6. The molecule has 0 bridgehead atoms. The van der Waals surface area contributed by atoms with Crippen LogP contribution in [0.25, 0.3) is 16.9 Å². The Bertz CT molecular complexity index is 1530. The number of carbonyl (C=O) groups is 1. The molecule has 4 rings (SSSR count). The second-order valence-electron chi connectivity index (χ2n) is 9.52. The zero-order valence-electron chi connectivity index (χ0n) is 22.9. The van der Waals surface area contributed by atoms with Crippen molar-refractivity contribution in [2.45, 2.75) is 46.6 Å².